The van der Waals surface area contributed by atoms with Gasteiger partial charge in [-0.3, -0.25) is 9.59 Å². The highest BCUT2D eigenvalue weighted by molar-refractivity contribution is 5.97. The van der Waals surface area contributed by atoms with E-state index in [1.165, 1.54) is 6.92 Å². The quantitative estimate of drug-likeness (QED) is 0.559. The lowest BCUT2D eigenvalue weighted by Gasteiger charge is -2.35. The Bertz CT molecular complexity index is 273. The van der Waals surface area contributed by atoms with Gasteiger partial charge in [0.15, 0.2) is 0 Å². The maximum Gasteiger partial charge on any atom is 0.248 e. The summed E-state index contributed by atoms with van der Waals surface area (Å²) in [6.45, 7) is 2.15. The molecule has 0 aliphatic carbocycles. The molecule has 78 valence electrons. The van der Waals surface area contributed by atoms with Gasteiger partial charge in [-0.05, 0) is 19.8 Å². The molecule has 0 saturated carbocycles. The Morgan fingerprint density at radius 2 is 2.29 bits per heavy atom. The first-order valence-electron chi connectivity index (χ1n) is 4.90. The molecule has 2 heterocycles. The lowest BCUT2D eigenvalue weighted by Crippen LogP contribution is -2.64. The molecular weight excluding hydrogens is 184 g/mol. The van der Waals surface area contributed by atoms with Gasteiger partial charge in [0.25, 0.3) is 0 Å². The SMILES string of the molecule is CC(O)[C@H]1NC(=O)[C@@H]2CCCN2C1=O. The number of carbonyl (C=O) groups is 2. The van der Waals surface area contributed by atoms with E-state index in [9.17, 15) is 14.7 Å². The summed E-state index contributed by atoms with van der Waals surface area (Å²) in [4.78, 5) is 24.8. The largest absolute Gasteiger partial charge is 0.391 e. The van der Waals surface area contributed by atoms with Crippen LogP contribution in [0.2, 0.25) is 0 Å². The van der Waals surface area contributed by atoms with E-state index in [-0.39, 0.29) is 17.9 Å². The number of fused-ring (bicyclic) bond motifs is 1. The predicted octanol–water partition coefficient (Wildman–Crippen LogP) is -1.14. The average molecular weight is 198 g/mol. The number of carbonyl (C=O) groups excluding carboxylic acids is 2. The molecule has 2 rings (SSSR count). The van der Waals surface area contributed by atoms with Crippen molar-refractivity contribution < 1.29 is 14.7 Å². The molecular formula is C9H14N2O3. The number of piperazine rings is 1. The van der Waals surface area contributed by atoms with Crippen LogP contribution in [0.15, 0.2) is 0 Å². The molecule has 14 heavy (non-hydrogen) atoms. The molecule has 0 spiro atoms. The monoisotopic (exact) mass is 198 g/mol. The fraction of sp³-hybridized carbons (Fsp3) is 0.778. The maximum absolute atomic E-state index is 11.7. The Morgan fingerprint density at radius 3 is 2.93 bits per heavy atom. The van der Waals surface area contributed by atoms with Crippen molar-refractivity contribution in [1.82, 2.24) is 10.2 Å². The number of aliphatic hydroxyl groups is 1. The molecule has 0 radical (unpaired) electrons. The van der Waals surface area contributed by atoms with Gasteiger partial charge in [-0.2, -0.15) is 0 Å². The van der Waals surface area contributed by atoms with Crippen LogP contribution < -0.4 is 5.32 Å². The Balaban J connectivity index is 2.20. The lowest BCUT2D eigenvalue weighted by molar-refractivity contribution is -0.149. The minimum Gasteiger partial charge on any atom is -0.391 e. The van der Waals surface area contributed by atoms with Crippen LogP contribution in [0.25, 0.3) is 0 Å². The van der Waals surface area contributed by atoms with E-state index in [0.717, 1.165) is 12.8 Å². The summed E-state index contributed by atoms with van der Waals surface area (Å²) in [5.41, 5.74) is 0. The lowest BCUT2D eigenvalue weighted by atomic mass is 10.1. The van der Waals surface area contributed by atoms with Crippen LogP contribution in [-0.4, -0.2) is 46.6 Å². The minimum absolute atomic E-state index is 0.131. The Morgan fingerprint density at radius 1 is 1.57 bits per heavy atom. The van der Waals surface area contributed by atoms with E-state index >= 15 is 0 Å². The maximum atomic E-state index is 11.7. The molecule has 0 aromatic heterocycles. The van der Waals surface area contributed by atoms with Crippen LogP contribution in [-0.2, 0) is 9.59 Å². The molecule has 2 aliphatic rings. The molecule has 1 unspecified atom stereocenters. The van der Waals surface area contributed by atoms with Crippen molar-refractivity contribution in [2.45, 2.75) is 38.0 Å². The topological polar surface area (TPSA) is 69.6 Å². The van der Waals surface area contributed by atoms with E-state index in [1.54, 1.807) is 4.90 Å². The van der Waals surface area contributed by atoms with Gasteiger partial charge in [0.1, 0.15) is 12.1 Å². The first-order chi connectivity index (χ1) is 6.61. The molecule has 2 saturated heterocycles. The van der Waals surface area contributed by atoms with E-state index in [2.05, 4.69) is 5.32 Å². The number of nitrogens with one attached hydrogen (secondary N) is 1. The summed E-state index contributed by atoms with van der Waals surface area (Å²) in [5.74, 6) is -0.282. The third-order valence-corrected chi connectivity index (χ3v) is 2.88. The number of rotatable bonds is 1. The highest BCUT2D eigenvalue weighted by Gasteiger charge is 2.44. The van der Waals surface area contributed by atoms with Crippen molar-refractivity contribution in [1.29, 1.82) is 0 Å². The second-order valence-corrected chi connectivity index (χ2v) is 3.92. The van der Waals surface area contributed by atoms with E-state index in [0.29, 0.717) is 6.54 Å². The van der Waals surface area contributed by atoms with Crippen molar-refractivity contribution in [3.8, 4) is 0 Å². The Hall–Kier alpha value is -1.10. The van der Waals surface area contributed by atoms with Gasteiger partial charge in [-0.1, -0.05) is 0 Å². The third-order valence-electron chi connectivity index (χ3n) is 2.88. The van der Waals surface area contributed by atoms with Crippen LogP contribution >= 0.6 is 0 Å². The standard InChI is InChI=1S/C9H14N2O3/c1-5(12)7-9(14)11-4-2-3-6(11)8(13)10-7/h5-7,12H,2-4H2,1H3,(H,10,13)/t5?,6-,7+/m0/s1. The van der Waals surface area contributed by atoms with Gasteiger partial charge in [-0.25, -0.2) is 0 Å². The number of hydrogen-bond donors (Lipinski definition) is 2. The summed E-state index contributed by atoms with van der Waals surface area (Å²) in [6.07, 6.45) is 0.786. The minimum atomic E-state index is -0.826. The molecule has 0 bridgehead atoms. The number of aliphatic hydroxyl groups excluding tert-OH is 1. The number of hydrogen-bond acceptors (Lipinski definition) is 3. The first-order valence-corrected chi connectivity index (χ1v) is 4.90. The van der Waals surface area contributed by atoms with Crippen molar-refractivity contribution in [3.05, 3.63) is 0 Å². The Labute approximate surface area is 82.1 Å². The smallest absolute Gasteiger partial charge is 0.248 e. The molecule has 3 atom stereocenters. The van der Waals surface area contributed by atoms with Crippen molar-refractivity contribution in [2.75, 3.05) is 6.54 Å². The molecule has 5 nitrogen and oxygen atoms in total. The molecule has 2 amide bonds. The fourth-order valence-electron chi connectivity index (χ4n) is 2.12. The second kappa shape index (κ2) is 3.24. The zero-order valence-corrected chi connectivity index (χ0v) is 8.06. The van der Waals surface area contributed by atoms with Gasteiger partial charge in [0.05, 0.1) is 6.10 Å². The molecule has 5 heteroatoms. The van der Waals surface area contributed by atoms with Crippen molar-refractivity contribution in [3.63, 3.8) is 0 Å². The van der Waals surface area contributed by atoms with Gasteiger partial charge in [0, 0.05) is 6.54 Å². The molecule has 0 aromatic carbocycles. The summed E-state index contributed by atoms with van der Waals surface area (Å²) < 4.78 is 0. The third kappa shape index (κ3) is 1.28. The molecule has 2 aliphatic heterocycles. The number of nitrogens with zero attached hydrogens (tertiary/aromatic N) is 1. The zero-order chi connectivity index (χ0) is 10.3. The van der Waals surface area contributed by atoms with Crippen LogP contribution in [0, 0.1) is 0 Å². The summed E-state index contributed by atoms with van der Waals surface area (Å²) in [6, 6.07) is -1.05. The highest BCUT2D eigenvalue weighted by atomic mass is 16.3. The van der Waals surface area contributed by atoms with Crippen LogP contribution in [0.3, 0.4) is 0 Å². The molecule has 0 aromatic rings. The Kier molecular flexibility index (Phi) is 2.19. The van der Waals surface area contributed by atoms with E-state index < -0.39 is 12.1 Å². The fourth-order valence-corrected chi connectivity index (χ4v) is 2.12. The van der Waals surface area contributed by atoms with Crippen molar-refractivity contribution in [2.24, 2.45) is 0 Å². The zero-order valence-electron chi connectivity index (χ0n) is 8.06. The average Bonchev–Trinajstić information content (AvgIpc) is 2.59. The van der Waals surface area contributed by atoms with Gasteiger partial charge >= 0.3 is 0 Å². The second-order valence-electron chi connectivity index (χ2n) is 3.92. The van der Waals surface area contributed by atoms with Gasteiger partial charge < -0.3 is 15.3 Å². The van der Waals surface area contributed by atoms with E-state index in [4.69, 9.17) is 0 Å². The van der Waals surface area contributed by atoms with Gasteiger partial charge in [0.2, 0.25) is 11.8 Å². The first kappa shape index (κ1) is 9.45. The molecule has 2 N–H and O–H groups in total. The number of amides is 2. The normalized spacial score (nSPS) is 34.0. The predicted molar refractivity (Wildman–Crippen MR) is 48.3 cm³/mol. The van der Waals surface area contributed by atoms with Crippen molar-refractivity contribution >= 4 is 11.8 Å². The highest BCUT2D eigenvalue weighted by Crippen LogP contribution is 2.22. The van der Waals surface area contributed by atoms with Crippen LogP contribution in [0.1, 0.15) is 19.8 Å². The molecule has 2 fully saturated rings. The summed E-state index contributed by atoms with van der Waals surface area (Å²) >= 11 is 0. The van der Waals surface area contributed by atoms with Crippen LogP contribution in [0.4, 0.5) is 0 Å². The van der Waals surface area contributed by atoms with Gasteiger partial charge in [-0.15, -0.1) is 0 Å². The summed E-state index contributed by atoms with van der Waals surface area (Å²) in [7, 11) is 0. The summed E-state index contributed by atoms with van der Waals surface area (Å²) in [5, 5.41) is 11.9. The van der Waals surface area contributed by atoms with Crippen LogP contribution in [0.5, 0.6) is 0 Å². The van der Waals surface area contributed by atoms with E-state index in [1.807, 2.05) is 0 Å².